The Morgan fingerprint density at radius 1 is 1.43 bits per heavy atom. The van der Waals surface area contributed by atoms with Crippen LogP contribution in [0.5, 0.6) is 0 Å². The molecule has 0 amide bonds. The summed E-state index contributed by atoms with van der Waals surface area (Å²) in [4.78, 5) is 4.58. The highest BCUT2D eigenvalue weighted by molar-refractivity contribution is 5.56. The largest absolute Gasteiger partial charge is 0.366 e. The molecule has 1 heterocycles. The first-order valence-corrected chi connectivity index (χ1v) is 2.33. The van der Waals surface area contributed by atoms with Crippen LogP contribution in [0.25, 0.3) is 0 Å². The molecule has 1 aliphatic rings. The van der Waals surface area contributed by atoms with E-state index >= 15 is 0 Å². The molecule has 0 saturated carbocycles. The van der Waals surface area contributed by atoms with Crippen LogP contribution in [0.4, 0.5) is 0 Å². The third kappa shape index (κ3) is 1.39. The molecule has 38 valence electrons. The molecule has 0 fully saturated rings. The Hall–Kier alpha value is -0.790. The number of hydrogen-bond acceptors (Lipinski definition) is 2. The molecular formula is C5H7NO. The van der Waals surface area contributed by atoms with Gasteiger partial charge in [0.1, 0.15) is 6.26 Å². The molecule has 1 rings (SSSR count). The molecular weight excluding hydrogens is 90.1 g/mol. The van der Waals surface area contributed by atoms with Crippen LogP contribution < -0.4 is 0 Å². The molecule has 1 aliphatic heterocycles. The van der Waals surface area contributed by atoms with Crippen molar-refractivity contribution in [3.8, 4) is 0 Å². The lowest BCUT2D eigenvalue weighted by Gasteiger charge is -1.77. The van der Waals surface area contributed by atoms with Gasteiger partial charge in [-0.15, -0.1) is 0 Å². The van der Waals surface area contributed by atoms with Gasteiger partial charge < -0.3 is 4.84 Å². The fourth-order valence-electron chi connectivity index (χ4n) is 0.413. The predicted molar refractivity (Wildman–Crippen MR) is 28.0 cm³/mol. The van der Waals surface area contributed by atoms with Crippen LogP contribution in [0.2, 0.25) is 0 Å². The zero-order valence-corrected chi connectivity index (χ0v) is 4.00. The normalized spacial score (nSPS) is 18.3. The minimum atomic E-state index is 0.997. The van der Waals surface area contributed by atoms with Crippen LogP contribution in [0, 0.1) is 0 Å². The van der Waals surface area contributed by atoms with Gasteiger partial charge in [0.15, 0.2) is 0 Å². The second-order valence-electron chi connectivity index (χ2n) is 1.34. The Morgan fingerprint density at radius 3 is 3.43 bits per heavy atom. The van der Waals surface area contributed by atoms with E-state index in [1.807, 2.05) is 6.08 Å². The van der Waals surface area contributed by atoms with Crippen molar-refractivity contribution in [2.24, 2.45) is 5.16 Å². The van der Waals surface area contributed by atoms with Crippen molar-refractivity contribution in [2.75, 3.05) is 0 Å². The number of allylic oxidation sites excluding steroid dienone is 1. The van der Waals surface area contributed by atoms with Gasteiger partial charge in [0.25, 0.3) is 0 Å². The fraction of sp³-hybridized carbons (Fsp3) is 0.400. The van der Waals surface area contributed by atoms with E-state index in [4.69, 9.17) is 0 Å². The summed E-state index contributed by atoms with van der Waals surface area (Å²) in [6.07, 6.45) is 7.36. The minimum absolute atomic E-state index is 0.997. The maximum absolute atomic E-state index is 4.58. The van der Waals surface area contributed by atoms with Crippen LogP contribution in [0.1, 0.15) is 12.8 Å². The van der Waals surface area contributed by atoms with Gasteiger partial charge in [0, 0.05) is 6.21 Å². The van der Waals surface area contributed by atoms with E-state index < -0.39 is 0 Å². The van der Waals surface area contributed by atoms with Gasteiger partial charge in [0.2, 0.25) is 0 Å². The Morgan fingerprint density at radius 2 is 2.43 bits per heavy atom. The summed E-state index contributed by atoms with van der Waals surface area (Å²) >= 11 is 0. The van der Waals surface area contributed by atoms with Crippen LogP contribution in [-0.2, 0) is 4.84 Å². The topological polar surface area (TPSA) is 21.6 Å². The molecule has 0 aromatic carbocycles. The second-order valence-corrected chi connectivity index (χ2v) is 1.34. The lowest BCUT2D eigenvalue weighted by Crippen LogP contribution is -1.67. The van der Waals surface area contributed by atoms with Crippen molar-refractivity contribution >= 4 is 6.21 Å². The summed E-state index contributed by atoms with van der Waals surface area (Å²) in [5.41, 5.74) is 0. The molecule has 0 unspecified atom stereocenters. The van der Waals surface area contributed by atoms with Crippen LogP contribution >= 0.6 is 0 Å². The molecule has 0 atom stereocenters. The van der Waals surface area contributed by atoms with E-state index in [1.54, 1.807) is 12.5 Å². The van der Waals surface area contributed by atoms with Crippen molar-refractivity contribution in [2.45, 2.75) is 12.8 Å². The average Bonchev–Trinajstić information content (AvgIpc) is 1.90. The Kier molecular flexibility index (Phi) is 1.50. The first-order valence-electron chi connectivity index (χ1n) is 2.33. The van der Waals surface area contributed by atoms with Gasteiger partial charge in [-0.2, -0.15) is 0 Å². The lowest BCUT2D eigenvalue weighted by atomic mass is 10.3. The van der Waals surface area contributed by atoms with Gasteiger partial charge in [-0.1, -0.05) is 5.16 Å². The molecule has 0 aromatic heterocycles. The van der Waals surface area contributed by atoms with E-state index in [0.29, 0.717) is 0 Å². The van der Waals surface area contributed by atoms with Gasteiger partial charge in [-0.05, 0) is 18.9 Å². The quantitative estimate of drug-likeness (QED) is 0.446. The number of hydrogen-bond donors (Lipinski definition) is 0. The third-order valence-corrected chi connectivity index (χ3v) is 0.755. The Balaban J connectivity index is 2.38. The summed E-state index contributed by atoms with van der Waals surface area (Å²) in [6, 6.07) is 0. The maximum Gasteiger partial charge on any atom is 0.118 e. The zero-order valence-electron chi connectivity index (χ0n) is 4.00. The number of oxime groups is 1. The SMILES string of the molecule is C1=CON=CCC1. The fourth-order valence-corrected chi connectivity index (χ4v) is 0.413. The molecule has 0 bridgehead atoms. The first-order chi connectivity index (χ1) is 3.50. The highest BCUT2D eigenvalue weighted by Gasteiger charge is 1.80. The zero-order chi connectivity index (χ0) is 4.95. The molecule has 0 aromatic rings. The molecule has 0 aliphatic carbocycles. The highest BCUT2D eigenvalue weighted by Crippen LogP contribution is 1.93. The monoisotopic (exact) mass is 97.1 g/mol. The molecule has 0 spiro atoms. The van der Waals surface area contributed by atoms with E-state index in [2.05, 4.69) is 9.99 Å². The first kappa shape index (κ1) is 4.37. The molecule has 2 heteroatoms. The number of rotatable bonds is 0. The average molecular weight is 97.1 g/mol. The van der Waals surface area contributed by atoms with E-state index in [9.17, 15) is 0 Å². The molecule has 7 heavy (non-hydrogen) atoms. The van der Waals surface area contributed by atoms with Gasteiger partial charge in [0.05, 0.1) is 0 Å². The lowest BCUT2D eigenvalue weighted by molar-refractivity contribution is 0.271. The summed E-state index contributed by atoms with van der Waals surface area (Å²) in [5, 5.41) is 3.56. The van der Waals surface area contributed by atoms with Crippen LogP contribution in [-0.4, -0.2) is 6.21 Å². The summed E-state index contributed by atoms with van der Waals surface area (Å²) in [7, 11) is 0. The van der Waals surface area contributed by atoms with E-state index in [-0.39, 0.29) is 0 Å². The van der Waals surface area contributed by atoms with Crippen molar-refractivity contribution in [3.63, 3.8) is 0 Å². The standard InChI is InChI=1S/C5H7NO/c1-2-4-6-7-5-3-1/h3-5H,1-2H2. The molecule has 0 N–H and O–H groups in total. The van der Waals surface area contributed by atoms with Crippen LogP contribution in [0.3, 0.4) is 0 Å². The Labute approximate surface area is 42.5 Å². The predicted octanol–water partition coefficient (Wildman–Crippen LogP) is 1.30. The third-order valence-electron chi connectivity index (χ3n) is 0.755. The molecule has 0 radical (unpaired) electrons. The van der Waals surface area contributed by atoms with Crippen LogP contribution in [0.15, 0.2) is 17.5 Å². The van der Waals surface area contributed by atoms with E-state index in [1.165, 1.54) is 0 Å². The van der Waals surface area contributed by atoms with Crippen molar-refractivity contribution in [1.82, 2.24) is 0 Å². The van der Waals surface area contributed by atoms with Gasteiger partial charge >= 0.3 is 0 Å². The van der Waals surface area contributed by atoms with E-state index in [0.717, 1.165) is 12.8 Å². The Bertz CT molecular complexity index is 84.3. The van der Waals surface area contributed by atoms with Crippen molar-refractivity contribution < 1.29 is 4.84 Å². The van der Waals surface area contributed by atoms with Crippen molar-refractivity contribution in [3.05, 3.63) is 12.3 Å². The highest BCUT2D eigenvalue weighted by atomic mass is 16.6. The second kappa shape index (κ2) is 2.39. The number of nitrogens with zero attached hydrogens (tertiary/aromatic N) is 1. The summed E-state index contributed by atoms with van der Waals surface area (Å²) in [6.45, 7) is 0. The smallest absolute Gasteiger partial charge is 0.118 e. The summed E-state index contributed by atoms with van der Waals surface area (Å²) < 4.78 is 0. The van der Waals surface area contributed by atoms with Gasteiger partial charge in [-0.25, -0.2) is 0 Å². The summed E-state index contributed by atoms with van der Waals surface area (Å²) in [5.74, 6) is 0. The molecule has 0 saturated heterocycles. The maximum atomic E-state index is 4.58. The van der Waals surface area contributed by atoms with Gasteiger partial charge in [-0.3, -0.25) is 0 Å². The van der Waals surface area contributed by atoms with Crippen molar-refractivity contribution in [1.29, 1.82) is 0 Å². The minimum Gasteiger partial charge on any atom is -0.366 e. The molecule has 2 nitrogen and oxygen atoms in total.